The molecule has 1 saturated heterocycles. The van der Waals surface area contributed by atoms with Gasteiger partial charge in [-0.2, -0.15) is 0 Å². The Hall–Kier alpha value is -0.290. The van der Waals surface area contributed by atoms with Crippen LogP contribution in [0.4, 0.5) is 0 Å². The molecule has 1 heterocycles. The van der Waals surface area contributed by atoms with Gasteiger partial charge in [0.15, 0.2) is 11.1 Å². The molecule has 0 aromatic rings. The standard InChI is InChI=1S/C12H19Cl2NO3/c1-8(2)6-15(12(16)11(13)14)7-10-17-5-4-9(3)18-10/h9-11H,1,4-7H2,2-3H3. The van der Waals surface area contributed by atoms with Gasteiger partial charge in [-0.05, 0) is 20.3 Å². The average Bonchev–Trinajstić information content (AvgIpc) is 2.26. The number of carbonyl (C=O) groups is 1. The third-order valence-electron chi connectivity index (χ3n) is 2.54. The number of hydrogen-bond acceptors (Lipinski definition) is 3. The molecule has 1 aliphatic rings. The smallest absolute Gasteiger partial charge is 0.256 e. The fourth-order valence-electron chi connectivity index (χ4n) is 1.70. The predicted molar refractivity (Wildman–Crippen MR) is 71.8 cm³/mol. The predicted octanol–water partition coefficient (Wildman–Crippen LogP) is 2.35. The lowest BCUT2D eigenvalue weighted by atomic mass is 10.2. The lowest BCUT2D eigenvalue weighted by molar-refractivity contribution is -0.213. The summed E-state index contributed by atoms with van der Waals surface area (Å²) in [6, 6.07) is 0. The van der Waals surface area contributed by atoms with Crippen molar-refractivity contribution in [1.82, 2.24) is 4.90 Å². The Kier molecular flexibility index (Phi) is 6.43. The second-order valence-electron chi connectivity index (χ2n) is 4.51. The molecule has 0 aromatic carbocycles. The molecule has 0 N–H and O–H groups in total. The normalized spacial score (nSPS) is 24.1. The number of amides is 1. The summed E-state index contributed by atoms with van der Waals surface area (Å²) < 4.78 is 11.1. The zero-order valence-electron chi connectivity index (χ0n) is 10.7. The Morgan fingerprint density at radius 3 is 2.72 bits per heavy atom. The molecule has 18 heavy (non-hydrogen) atoms. The highest BCUT2D eigenvalue weighted by molar-refractivity contribution is 6.53. The van der Waals surface area contributed by atoms with Gasteiger partial charge in [-0.1, -0.05) is 35.4 Å². The number of rotatable bonds is 5. The summed E-state index contributed by atoms with van der Waals surface area (Å²) in [6.45, 7) is 8.94. The van der Waals surface area contributed by atoms with E-state index in [1.54, 1.807) is 0 Å². The Morgan fingerprint density at radius 2 is 2.22 bits per heavy atom. The second kappa shape index (κ2) is 7.34. The summed E-state index contributed by atoms with van der Waals surface area (Å²) in [6.07, 6.45) is 0.566. The van der Waals surface area contributed by atoms with Crippen molar-refractivity contribution < 1.29 is 14.3 Å². The van der Waals surface area contributed by atoms with E-state index in [1.165, 1.54) is 4.90 Å². The minimum atomic E-state index is -1.08. The molecule has 1 amide bonds. The van der Waals surface area contributed by atoms with Crippen molar-refractivity contribution in [2.75, 3.05) is 19.7 Å². The van der Waals surface area contributed by atoms with Gasteiger partial charge in [0, 0.05) is 6.54 Å². The largest absolute Gasteiger partial charge is 0.351 e. The average molecular weight is 296 g/mol. The van der Waals surface area contributed by atoms with Crippen molar-refractivity contribution in [2.24, 2.45) is 0 Å². The van der Waals surface area contributed by atoms with Crippen molar-refractivity contribution in [3.8, 4) is 0 Å². The first-order valence-corrected chi connectivity index (χ1v) is 6.75. The number of alkyl halides is 2. The van der Waals surface area contributed by atoms with Gasteiger partial charge in [-0.15, -0.1) is 0 Å². The monoisotopic (exact) mass is 295 g/mol. The molecule has 6 heteroatoms. The van der Waals surface area contributed by atoms with Crippen LogP contribution in [0.2, 0.25) is 0 Å². The van der Waals surface area contributed by atoms with E-state index in [2.05, 4.69) is 6.58 Å². The van der Waals surface area contributed by atoms with E-state index in [1.807, 2.05) is 13.8 Å². The van der Waals surface area contributed by atoms with Crippen molar-refractivity contribution in [2.45, 2.75) is 37.5 Å². The van der Waals surface area contributed by atoms with Gasteiger partial charge in [-0.3, -0.25) is 4.79 Å². The molecule has 0 saturated carbocycles. The number of ether oxygens (including phenoxy) is 2. The van der Waals surface area contributed by atoms with Gasteiger partial charge in [-0.25, -0.2) is 0 Å². The molecule has 2 atom stereocenters. The summed E-state index contributed by atoms with van der Waals surface area (Å²) in [7, 11) is 0. The Morgan fingerprint density at radius 1 is 1.56 bits per heavy atom. The van der Waals surface area contributed by atoms with Gasteiger partial charge in [0.05, 0.1) is 19.3 Å². The Labute approximate surface area is 118 Å². The van der Waals surface area contributed by atoms with E-state index < -0.39 is 11.1 Å². The molecule has 0 spiro atoms. The first-order chi connectivity index (χ1) is 8.40. The molecule has 0 aliphatic carbocycles. The summed E-state index contributed by atoms with van der Waals surface area (Å²) in [4.78, 5) is 12.3. The zero-order valence-corrected chi connectivity index (χ0v) is 12.2. The first kappa shape index (κ1) is 15.8. The number of nitrogens with zero attached hydrogens (tertiary/aromatic N) is 1. The van der Waals surface area contributed by atoms with Gasteiger partial charge in [0.1, 0.15) is 0 Å². The molecule has 4 nitrogen and oxygen atoms in total. The summed E-state index contributed by atoms with van der Waals surface area (Å²) in [5.74, 6) is -0.355. The number of carbonyl (C=O) groups excluding carboxylic acids is 1. The van der Waals surface area contributed by atoms with E-state index in [9.17, 15) is 4.79 Å². The molecule has 1 rings (SSSR count). The first-order valence-electron chi connectivity index (χ1n) is 5.88. The van der Waals surface area contributed by atoms with Crippen LogP contribution in [0.1, 0.15) is 20.3 Å². The van der Waals surface area contributed by atoms with Crippen LogP contribution in [0.25, 0.3) is 0 Å². The molecule has 0 radical (unpaired) electrons. The van der Waals surface area contributed by atoms with Crippen LogP contribution in [0.3, 0.4) is 0 Å². The summed E-state index contributed by atoms with van der Waals surface area (Å²) in [5.41, 5.74) is 0.848. The molecule has 1 fully saturated rings. The maximum atomic E-state index is 11.8. The van der Waals surface area contributed by atoms with Crippen LogP contribution in [0.5, 0.6) is 0 Å². The Balaban J connectivity index is 2.59. The maximum absolute atomic E-state index is 11.8. The van der Waals surface area contributed by atoms with E-state index in [0.29, 0.717) is 19.7 Å². The fraction of sp³-hybridized carbons (Fsp3) is 0.750. The highest BCUT2D eigenvalue weighted by Gasteiger charge is 2.27. The molecule has 1 aliphatic heterocycles. The quantitative estimate of drug-likeness (QED) is 0.577. The van der Waals surface area contributed by atoms with Crippen LogP contribution in [-0.4, -0.2) is 47.7 Å². The molecule has 2 unspecified atom stereocenters. The SMILES string of the molecule is C=C(C)CN(CC1OCCC(C)O1)C(=O)C(Cl)Cl. The Bertz CT molecular complexity index is 310. The highest BCUT2D eigenvalue weighted by Crippen LogP contribution is 2.15. The minimum absolute atomic E-state index is 0.133. The van der Waals surface area contributed by atoms with Crippen molar-refractivity contribution in [1.29, 1.82) is 0 Å². The van der Waals surface area contributed by atoms with Crippen molar-refractivity contribution >= 4 is 29.1 Å². The van der Waals surface area contributed by atoms with Crippen LogP contribution in [0, 0.1) is 0 Å². The van der Waals surface area contributed by atoms with E-state index in [-0.39, 0.29) is 12.0 Å². The molecular formula is C12H19Cl2NO3. The third-order valence-corrected chi connectivity index (χ3v) is 2.91. The highest BCUT2D eigenvalue weighted by atomic mass is 35.5. The maximum Gasteiger partial charge on any atom is 0.256 e. The van der Waals surface area contributed by atoms with Crippen molar-refractivity contribution in [3.63, 3.8) is 0 Å². The lowest BCUT2D eigenvalue weighted by Gasteiger charge is -2.33. The van der Waals surface area contributed by atoms with E-state index in [4.69, 9.17) is 32.7 Å². The lowest BCUT2D eigenvalue weighted by Crippen LogP contribution is -2.45. The van der Waals surface area contributed by atoms with E-state index in [0.717, 1.165) is 12.0 Å². The summed E-state index contributed by atoms with van der Waals surface area (Å²) in [5, 5.41) is 0. The third kappa shape index (κ3) is 5.14. The number of hydrogen-bond donors (Lipinski definition) is 0. The topological polar surface area (TPSA) is 38.8 Å². The van der Waals surface area contributed by atoms with Crippen LogP contribution < -0.4 is 0 Å². The molecular weight excluding hydrogens is 277 g/mol. The molecule has 104 valence electrons. The van der Waals surface area contributed by atoms with Crippen LogP contribution in [-0.2, 0) is 14.3 Å². The van der Waals surface area contributed by atoms with Crippen LogP contribution in [0.15, 0.2) is 12.2 Å². The van der Waals surface area contributed by atoms with Gasteiger partial charge >= 0.3 is 0 Å². The minimum Gasteiger partial charge on any atom is -0.351 e. The van der Waals surface area contributed by atoms with Gasteiger partial charge in [0.25, 0.3) is 5.91 Å². The second-order valence-corrected chi connectivity index (χ2v) is 5.61. The zero-order chi connectivity index (χ0) is 13.7. The number of halogens is 2. The molecule has 0 bridgehead atoms. The van der Waals surface area contributed by atoms with Gasteiger partial charge < -0.3 is 14.4 Å². The molecule has 0 aromatic heterocycles. The van der Waals surface area contributed by atoms with Gasteiger partial charge in [0.2, 0.25) is 0 Å². The van der Waals surface area contributed by atoms with Crippen molar-refractivity contribution in [3.05, 3.63) is 12.2 Å². The summed E-state index contributed by atoms with van der Waals surface area (Å²) >= 11 is 11.2. The fourth-order valence-corrected chi connectivity index (χ4v) is 1.98. The van der Waals surface area contributed by atoms with Crippen LogP contribution >= 0.6 is 23.2 Å². The van der Waals surface area contributed by atoms with E-state index >= 15 is 0 Å².